The van der Waals surface area contributed by atoms with Gasteiger partial charge in [0.05, 0.1) is 24.8 Å². The third kappa shape index (κ3) is 7.79. The first kappa shape index (κ1) is 31.5. The average Bonchev–Trinajstić information content (AvgIpc) is 2.99. The lowest BCUT2D eigenvalue weighted by Crippen LogP contribution is -2.53. The Hall–Kier alpha value is -4.05. The van der Waals surface area contributed by atoms with Gasteiger partial charge in [-0.15, -0.1) is 0 Å². The Kier molecular flexibility index (Phi) is 11.2. The summed E-state index contributed by atoms with van der Waals surface area (Å²) in [6.07, 6.45) is 1.08. The molecule has 220 valence electrons. The van der Waals surface area contributed by atoms with Crippen molar-refractivity contribution in [3.05, 3.63) is 84.4 Å². The monoisotopic (exact) mass is 581 g/mol. The minimum Gasteiger partial charge on any atom is -0.497 e. The number of methoxy groups -OCH3 is 2. The van der Waals surface area contributed by atoms with Crippen LogP contribution in [-0.2, 0) is 26.2 Å². The standard InChI is InChI=1S/C31H39N3O6S/c1-6-23(3)32-31(36)27(7-2)33(21-24-13-9-8-10-14-24)30(35)22-34(28-15-11-12-16-29(28)40-5)41(37,38)26-19-17-25(39-4)18-20-26/h8-20,23,27H,6-7,21-22H2,1-5H3,(H,32,36)/t23-,27+/m1/s1. The fourth-order valence-electron chi connectivity index (χ4n) is 4.36. The maximum absolute atomic E-state index is 14.1. The summed E-state index contributed by atoms with van der Waals surface area (Å²) in [7, 11) is -1.31. The van der Waals surface area contributed by atoms with Crippen molar-refractivity contribution >= 4 is 27.5 Å². The molecular formula is C31H39N3O6S. The van der Waals surface area contributed by atoms with Crippen molar-refractivity contribution in [3.63, 3.8) is 0 Å². The highest BCUT2D eigenvalue weighted by Gasteiger charge is 2.35. The van der Waals surface area contributed by atoms with Gasteiger partial charge in [-0.25, -0.2) is 8.42 Å². The van der Waals surface area contributed by atoms with Crippen LogP contribution in [0.4, 0.5) is 5.69 Å². The van der Waals surface area contributed by atoms with Gasteiger partial charge in [-0.1, -0.05) is 56.3 Å². The molecule has 0 fully saturated rings. The zero-order valence-corrected chi connectivity index (χ0v) is 25.1. The lowest BCUT2D eigenvalue weighted by molar-refractivity contribution is -0.140. The number of nitrogens with one attached hydrogen (secondary N) is 1. The van der Waals surface area contributed by atoms with Crippen LogP contribution in [0.2, 0.25) is 0 Å². The van der Waals surface area contributed by atoms with Crippen LogP contribution in [0.25, 0.3) is 0 Å². The van der Waals surface area contributed by atoms with Crippen molar-refractivity contribution in [1.29, 1.82) is 0 Å². The van der Waals surface area contributed by atoms with Crippen LogP contribution < -0.4 is 19.1 Å². The molecule has 0 aromatic heterocycles. The van der Waals surface area contributed by atoms with E-state index in [1.165, 1.54) is 31.3 Å². The number of hydrogen-bond acceptors (Lipinski definition) is 6. The molecule has 10 heteroatoms. The van der Waals surface area contributed by atoms with Gasteiger partial charge in [0.15, 0.2) is 0 Å². The van der Waals surface area contributed by atoms with Crippen molar-refractivity contribution < 1.29 is 27.5 Å². The van der Waals surface area contributed by atoms with Crippen molar-refractivity contribution in [2.75, 3.05) is 25.1 Å². The number of benzene rings is 3. The molecule has 0 aliphatic carbocycles. The summed E-state index contributed by atoms with van der Waals surface area (Å²) < 4.78 is 39.8. The molecule has 0 aliphatic heterocycles. The topological polar surface area (TPSA) is 105 Å². The van der Waals surface area contributed by atoms with E-state index in [-0.39, 0.29) is 34.8 Å². The first-order valence-corrected chi connectivity index (χ1v) is 15.0. The number of sulfonamides is 1. The van der Waals surface area contributed by atoms with E-state index in [4.69, 9.17) is 9.47 Å². The number of nitrogens with zero attached hydrogens (tertiary/aromatic N) is 2. The molecule has 1 N–H and O–H groups in total. The zero-order chi connectivity index (χ0) is 30.0. The van der Waals surface area contributed by atoms with Gasteiger partial charge in [-0.2, -0.15) is 0 Å². The van der Waals surface area contributed by atoms with Crippen LogP contribution in [0.1, 0.15) is 39.2 Å². The average molecular weight is 582 g/mol. The Morgan fingerprint density at radius 3 is 2.07 bits per heavy atom. The van der Waals surface area contributed by atoms with E-state index in [1.807, 2.05) is 51.1 Å². The van der Waals surface area contributed by atoms with Gasteiger partial charge in [-0.3, -0.25) is 13.9 Å². The molecule has 0 aliphatic rings. The summed E-state index contributed by atoms with van der Waals surface area (Å²) in [6, 6.07) is 21.0. The molecule has 0 saturated carbocycles. The van der Waals surface area contributed by atoms with Crippen LogP contribution >= 0.6 is 0 Å². The number of rotatable bonds is 14. The van der Waals surface area contributed by atoms with Crippen LogP contribution in [-0.4, -0.2) is 58.0 Å². The van der Waals surface area contributed by atoms with Gasteiger partial charge in [0, 0.05) is 12.6 Å². The molecule has 0 heterocycles. The smallest absolute Gasteiger partial charge is 0.264 e. The normalized spacial score (nSPS) is 12.6. The minimum atomic E-state index is -4.24. The van der Waals surface area contributed by atoms with Gasteiger partial charge in [0.25, 0.3) is 10.0 Å². The quantitative estimate of drug-likeness (QED) is 0.298. The molecule has 2 atom stereocenters. The molecule has 3 aromatic rings. The minimum absolute atomic E-state index is 0.0202. The lowest BCUT2D eigenvalue weighted by atomic mass is 10.1. The first-order valence-electron chi connectivity index (χ1n) is 13.6. The van der Waals surface area contributed by atoms with E-state index in [0.29, 0.717) is 12.2 Å². The second-order valence-electron chi connectivity index (χ2n) is 9.61. The molecule has 0 spiro atoms. The Morgan fingerprint density at radius 2 is 1.49 bits per heavy atom. The van der Waals surface area contributed by atoms with Crippen molar-refractivity contribution in [2.45, 2.75) is 57.1 Å². The molecule has 2 amide bonds. The van der Waals surface area contributed by atoms with Crippen LogP contribution in [0.15, 0.2) is 83.8 Å². The van der Waals surface area contributed by atoms with Crippen molar-refractivity contribution in [3.8, 4) is 11.5 Å². The molecule has 9 nitrogen and oxygen atoms in total. The van der Waals surface area contributed by atoms with E-state index in [1.54, 1.807) is 36.4 Å². The lowest BCUT2D eigenvalue weighted by Gasteiger charge is -2.34. The Morgan fingerprint density at radius 1 is 0.854 bits per heavy atom. The summed E-state index contributed by atoms with van der Waals surface area (Å²) in [5.41, 5.74) is 1.02. The fraction of sp³-hybridized carbons (Fsp3) is 0.355. The SMILES string of the molecule is CC[C@@H](C)NC(=O)[C@H](CC)N(Cc1ccccc1)C(=O)CN(c1ccccc1OC)S(=O)(=O)c1ccc(OC)cc1. The number of para-hydroxylation sites is 2. The van der Waals surface area contributed by atoms with Crippen molar-refractivity contribution in [2.24, 2.45) is 0 Å². The number of ether oxygens (including phenoxy) is 2. The maximum atomic E-state index is 14.1. The van der Waals surface area contributed by atoms with E-state index in [9.17, 15) is 18.0 Å². The molecule has 3 rings (SSSR count). The molecular weight excluding hydrogens is 542 g/mol. The fourth-order valence-corrected chi connectivity index (χ4v) is 5.79. The van der Waals surface area contributed by atoms with E-state index in [2.05, 4.69) is 5.32 Å². The molecule has 0 saturated heterocycles. The molecule has 0 unspecified atom stereocenters. The third-order valence-corrected chi connectivity index (χ3v) is 8.64. The zero-order valence-electron chi connectivity index (χ0n) is 24.2. The second kappa shape index (κ2) is 14.5. The summed E-state index contributed by atoms with van der Waals surface area (Å²) >= 11 is 0. The van der Waals surface area contributed by atoms with Crippen LogP contribution in [0, 0.1) is 0 Å². The van der Waals surface area contributed by atoms with E-state index >= 15 is 0 Å². The van der Waals surface area contributed by atoms with Crippen LogP contribution in [0.5, 0.6) is 11.5 Å². The Labute approximate surface area is 243 Å². The molecule has 0 bridgehead atoms. The molecule has 3 aromatic carbocycles. The summed E-state index contributed by atoms with van der Waals surface area (Å²) in [5, 5.41) is 2.98. The van der Waals surface area contributed by atoms with Crippen molar-refractivity contribution in [1.82, 2.24) is 10.2 Å². The first-order chi connectivity index (χ1) is 19.7. The highest BCUT2D eigenvalue weighted by molar-refractivity contribution is 7.92. The van der Waals surface area contributed by atoms with Gasteiger partial charge in [0.1, 0.15) is 24.1 Å². The van der Waals surface area contributed by atoms with Crippen LogP contribution in [0.3, 0.4) is 0 Å². The van der Waals surface area contributed by atoms with Gasteiger partial charge >= 0.3 is 0 Å². The Bertz CT molecular complexity index is 1400. The highest BCUT2D eigenvalue weighted by Crippen LogP contribution is 2.33. The summed E-state index contributed by atoms with van der Waals surface area (Å²) in [5.74, 6) is -0.0273. The number of hydrogen-bond donors (Lipinski definition) is 1. The molecule has 41 heavy (non-hydrogen) atoms. The van der Waals surface area contributed by atoms with Gasteiger partial charge < -0.3 is 19.7 Å². The van der Waals surface area contributed by atoms with Gasteiger partial charge in [0.2, 0.25) is 11.8 Å². The largest absolute Gasteiger partial charge is 0.497 e. The van der Waals surface area contributed by atoms with E-state index in [0.717, 1.165) is 16.3 Å². The maximum Gasteiger partial charge on any atom is 0.264 e. The predicted octanol–water partition coefficient (Wildman–Crippen LogP) is 4.62. The third-order valence-electron chi connectivity index (χ3n) is 6.86. The number of amides is 2. The Balaban J connectivity index is 2.08. The summed E-state index contributed by atoms with van der Waals surface area (Å²) in [4.78, 5) is 28.9. The molecule has 0 radical (unpaired) electrons. The van der Waals surface area contributed by atoms with E-state index < -0.39 is 28.5 Å². The number of carbonyl (C=O) groups is 2. The number of carbonyl (C=O) groups excluding carboxylic acids is 2. The predicted molar refractivity (Wildman–Crippen MR) is 159 cm³/mol. The summed E-state index contributed by atoms with van der Waals surface area (Å²) in [6.45, 7) is 5.29. The highest BCUT2D eigenvalue weighted by atomic mass is 32.2. The van der Waals surface area contributed by atoms with Gasteiger partial charge in [-0.05, 0) is 61.7 Å². The number of anilines is 1. The second-order valence-corrected chi connectivity index (χ2v) is 11.5.